The van der Waals surface area contributed by atoms with Crippen molar-refractivity contribution in [2.75, 3.05) is 6.61 Å². The number of nitrogens with two attached hydrogens (primary N) is 1. The van der Waals surface area contributed by atoms with Crippen LogP contribution in [-0.2, 0) is 10.3 Å². The molecule has 0 amide bonds. The van der Waals surface area contributed by atoms with Crippen LogP contribution in [0.5, 0.6) is 5.75 Å². The normalized spacial score (nSPS) is 30.8. The lowest BCUT2D eigenvalue weighted by Crippen LogP contribution is -2.51. The minimum atomic E-state index is -0.762. The molecule has 3 heterocycles. The topological polar surface area (TPSA) is 90.0 Å². The van der Waals surface area contributed by atoms with Crippen LogP contribution in [0.4, 0.5) is 4.39 Å². The highest BCUT2D eigenvalue weighted by molar-refractivity contribution is 6.30. The molecule has 3 N–H and O–H groups in total. The number of nitrogens with zero attached hydrogens (tertiary/aromatic N) is 2. The molecule has 1 aromatic carbocycles. The summed E-state index contributed by atoms with van der Waals surface area (Å²) in [4.78, 5) is 8.37. The van der Waals surface area contributed by atoms with E-state index in [0.717, 1.165) is 12.0 Å². The van der Waals surface area contributed by atoms with E-state index in [1.54, 1.807) is 6.07 Å². The number of rotatable bonds is 1. The Morgan fingerprint density at radius 2 is 2.14 bits per heavy atom. The van der Waals surface area contributed by atoms with Crippen LogP contribution in [0.1, 0.15) is 24.8 Å². The zero-order valence-corrected chi connectivity index (χ0v) is 15.7. The standard InChI is InChI=1S/C20H19ClFN3O3/c21-11-6-13(18(22)24-8-11)10-1-3-16-14(5-10)20(9-27-19(23)25-20)15-7-12(26)2-4-17(15)28-16/h1,3,5-6,8,12,15,17,26H,2,4,7,9H2,(H2,23,25)/t12-,15-,17-,20?/m0/s1. The maximum absolute atomic E-state index is 14.3. The molecule has 0 radical (unpaired) electrons. The van der Waals surface area contributed by atoms with E-state index in [2.05, 4.69) is 9.98 Å². The molecule has 28 heavy (non-hydrogen) atoms. The Balaban J connectivity index is 1.68. The predicted octanol–water partition coefficient (Wildman–Crippen LogP) is 3.00. The molecule has 1 aliphatic carbocycles. The number of aliphatic hydroxyl groups excluding tert-OH is 1. The highest BCUT2D eigenvalue weighted by atomic mass is 35.5. The molecule has 1 unspecified atom stereocenters. The van der Waals surface area contributed by atoms with Crippen molar-refractivity contribution in [1.82, 2.24) is 4.98 Å². The predicted molar refractivity (Wildman–Crippen MR) is 102 cm³/mol. The van der Waals surface area contributed by atoms with Gasteiger partial charge in [0.25, 0.3) is 6.02 Å². The summed E-state index contributed by atoms with van der Waals surface area (Å²) in [7, 11) is 0. The van der Waals surface area contributed by atoms with Gasteiger partial charge in [0.1, 0.15) is 24.0 Å². The van der Waals surface area contributed by atoms with Crippen LogP contribution >= 0.6 is 11.6 Å². The fraction of sp³-hybridized carbons (Fsp3) is 0.400. The van der Waals surface area contributed by atoms with Gasteiger partial charge in [-0.1, -0.05) is 17.7 Å². The third-order valence-electron chi connectivity index (χ3n) is 5.96. The average molecular weight is 404 g/mol. The monoisotopic (exact) mass is 403 g/mol. The summed E-state index contributed by atoms with van der Waals surface area (Å²) >= 11 is 6.02. The smallest absolute Gasteiger partial charge is 0.283 e. The van der Waals surface area contributed by atoms with Gasteiger partial charge < -0.3 is 20.3 Å². The third-order valence-corrected chi connectivity index (χ3v) is 6.17. The van der Waals surface area contributed by atoms with Crippen molar-refractivity contribution in [3.63, 3.8) is 0 Å². The van der Waals surface area contributed by atoms with Crippen LogP contribution in [0.15, 0.2) is 35.5 Å². The molecule has 5 rings (SSSR count). The molecule has 1 fully saturated rings. The first kappa shape index (κ1) is 17.7. The van der Waals surface area contributed by atoms with Gasteiger partial charge in [0.05, 0.1) is 11.1 Å². The summed E-state index contributed by atoms with van der Waals surface area (Å²) in [5.41, 5.74) is 6.81. The summed E-state index contributed by atoms with van der Waals surface area (Å²) in [6, 6.07) is 7.10. The summed E-state index contributed by atoms with van der Waals surface area (Å²) in [5, 5.41) is 10.6. The van der Waals surface area contributed by atoms with Gasteiger partial charge in [0.15, 0.2) is 0 Å². The van der Waals surface area contributed by atoms with E-state index in [4.69, 9.17) is 26.8 Å². The maximum Gasteiger partial charge on any atom is 0.283 e. The van der Waals surface area contributed by atoms with Gasteiger partial charge >= 0.3 is 0 Å². The number of aliphatic hydroxyl groups is 1. The van der Waals surface area contributed by atoms with Gasteiger partial charge in [0.2, 0.25) is 5.95 Å². The molecule has 1 saturated carbocycles. The number of benzene rings is 1. The first-order valence-electron chi connectivity index (χ1n) is 9.25. The molecule has 0 bridgehead atoms. The summed E-state index contributed by atoms with van der Waals surface area (Å²) in [6.45, 7) is 0.267. The van der Waals surface area contributed by atoms with Crippen molar-refractivity contribution in [3.8, 4) is 16.9 Å². The molecule has 6 nitrogen and oxygen atoms in total. The van der Waals surface area contributed by atoms with Crippen LogP contribution in [0.3, 0.4) is 0 Å². The summed E-state index contributed by atoms with van der Waals surface area (Å²) in [5.74, 6) is -0.00648. The summed E-state index contributed by atoms with van der Waals surface area (Å²) in [6.07, 6.45) is 2.73. The van der Waals surface area contributed by atoms with E-state index in [1.165, 1.54) is 12.3 Å². The Kier molecular flexibility index (Phi) is 4.00. The number of halogens is 2. The number of aromatic nitrogens is 1. The Bertz CT molecular complexity index is 985. The van der Waals surface area contributed by atoms with E-state index >= 15 is 0 Å². The van der Waals surface area contributed by atoms with Crippen molar-refractivity contribution in [1.29, 1.82) is 0 Å². The highest BCUT2D eigenvalue weighted by Crippen LogP contribution is 2.53. The molecule has 2 aliphatic heterocycles. The van der Waals surface area contributed by atoms with E-state index < -0.39 is 17.6 Å². The Morgan fingerprint density at radius 3 is 2.93 bits per heavy atom. The molecule has 3 aliphatic rings. The lowest BCUT2D eigenvalue weighted by molar-refractivity contribution is -0.0359. The Labute approximate surface area is 166 Å². The molecular weight excluding hydrogens is 385 g/mol. The number of pyridine rings is 1. The van der Waals surface area contributed by atoms with E-state index in [9.17, 15) is 9.50 Å². The Hall–Kier alpha value is -2.38. The highest BCUT2D eigenvalue weighted by Gasteiger charge is 2.55. The van der Waals surface area contributed by atoms with Crippen LogP contribution < -0.4 is 10.5 Å². The lowest BCUT2D eigenvalue weighted by Gasteiger charge is -2.47. The van der Waals surface area contributed by atoms with Crippen molar-refractivity contribution in [2.24, 2.45) is 16.6 Å². The quantitative estimate of drug-likeness (QED) is 0.714. The van der Waals surface area contributed by atoms with Crippen molar-refractivity contribution in [3.05, 3.63) is 47.0 Å². The molecular formula is C20H19ClFN3O3. The van der Waals surface area contributed by atoms with Crippen LogP contribution in [0.25, 0.3) is 11.1 Å². The lowest BCUT2D eigenvalue weighted by atomic mass is 9.67. The molecule has 4 atom stereocenters. The van der Waals surface area contributed by atoms with Gasteiger partial charge in [-0.25, -0.2) is 9.98 Å². The number of fused-ring (bicyclic) bond motifs is 4. The second-order valence-corrected chi connectivity index (χ2v) is 8.03. The Morgan fingerprint density at radius 1 is 1.29 bits per heavy atom. The largest absolute Gasteiger partial charge is 0.490 e. The zero-order chi connectivity index (χ0) is 19.5. The van der Waals surface area contributed by atoms with Crippen LogP contribution in [0, 0.1) is 11.9 Å². The van der Waals surface area contributed by atoms with E-state index in [0.29, 0.717) is 34.7 Å². The van der Waals surface area contributed by atoms with Gasteiger partial charge in [-0.15, -0.1) is 0 Å². The average Bonchev–Trinajstić information content (AvgIpc) is 3.07. The van der Waals surface area contributed by atoms with Crippen molar-refractivity contribution < 1.29 is 19.0 Å². The minimum Gasteiger partial charge on any atom is -0.490 e. The van der Waals surface area contributed by atoms with Gasteiger partial charge in [0, 0.05) is 23.2 Å². The zero-order valence-electron chi connectivity index (χ0n) is 14.9. The van der Waals surface area contributed by atoms with Crippen molar-refractivity contribution in [2.45, 2.75) is 37.0 Å². The number of hydrogen-bond acceptors (Lipinski definition) is 6. The SMILES string of the molecule is NC1=NC2(CO1)c1cc(-c3cc(Cl)cnc3F)ccc1O[C@H]1CC[C@H](O)C[C@@H]12. The van der Waals surface area contributed by atoms with Gasteiger partial charge in [-0.3, -0.25) is 0 Å². The van der Waals surface area contributed by atoms with E-state index in [-0.39, 0.29) is 24.7 Å². The fourth-order valence-electron chi connectivity index (χ4n) is 4.66. The number of hydrogen-bond donors (Lipinski definition) is 2. The maximum atomic E-state index is 14.3. The van der Waals surface area contributed by atoms with Gasteiger partial charge in [-0.2, -0.15) is 4.39 Å². The second kappa shape index (κ2) is 6.32. The van der Waals surface area contributed by atoms with Gasteiger partial charge in [-0.05, 0) is 43.0 Å². The molecule has 1 aromatic heterocycles. The fourth-order valence-corrected chi connectivity index (χ4v) is 4.82. The van der Waals surface area contributed by atoms with E-state index in [1.807, 2.05) is 12.1 Å². The molecule has 2 aromatic rings. The number of amidine groups is 1. The summed E-state index contributed by atoms with van der Waals surface area (Å²) < 4.78 is 26.1. The van der Waals surface area contributed by atoms with Crippen LogP contribution in [-0.4, -0.2) is 34.9 Å². The van der Waals surface area contributed by atoms with Crippen LogP contribution in [0.2, 0.25) is 5.02 Å². The number of ether oxygens (including phenoxy) is 2. The molecule has 0 saturated heterocycles. The second-order valence-electron chi connectivity index (χ2n) is 7.60. The third kappa shape index (κ3) is 2.64. The number of aliphatic imine (C=N–C) groups is 1. The first-order chi connectivity index (χ1) is 13.5. The molecule has 1 spiro atoms. The van der Waals surface area contributed by atoms with Crippen molar-refractivity contribution >= 4 is 17.6 Å². The first-order valence-corrected chi connectivity index (χ1v) is 9.63. The molecule has 146 valence electrons. The molecule has 8 heteroatoms. The minimum absolute atomic E-state index is 0.0791.